The summed E-state index contributed by atoms with van der Waals surface area (Å²) < 4.78 is 10.1. The normalized spacial score (nSPS) is 14.4. The molecule has 0 aromatic heterocycles. The Balaban J connectivity index is 4.04. The molecule has 0 aliphatic heterocycles. The molecule has 4 heteroatoms. The van der Waals surface area contributed by atoms with Crippen LogP contribution in [-0.4, -0.2) is 30.1 Å². The minimum Gasteiger partial charge on any atom is -0.430 e. The summed E-state index contributed by atoms with van der Waals surface area (Å²) in [6.45, 7) is 9.01. The number of aliphatic hydroxyl groups is 1. The lowest BCUT2D eigenvalue weighted by atomic mass is 10.3. The van der Waals surface area contributed by atoms with Crippen molar-refractivity contribution >= 4 is 5.97 Å². The molecule has 0 radical (unpaired) electrons. The number of carbonyl (C=O) groups excluding carboxylic acids is 1. The fraction of sp³-hybridized carbons (Fsp3) is 0.727. The third-order valence-electron chi connectivity index (χ3n) is 1.75. The second-order valence-corrected chi connectivity index (χ2v) is 3.52. The van der Waals surface area contributed by atoms with E-state index >= 15 is 0 Å². The predicted octanol–water partition coefficient (Wildman–Crippen LogP) is 1.63. The van der Waals surface area contributed by atoms with Gasteiger partial charge in [0.05, 0.1) is 6.61 Å². The van der Waals surface area contributed by atoms with E-state index in [2.05, 4.69) is 6.58 Å². The maximum atomic E-state index is 11.2. The van der Waals surface area contributed by atoms with E-state index in [1.165, 1.54) is 6.92 Å². The van der Waals surface area contributed by atoms with Gasteiger partial charge in [-0.25, -0.2) is 4.79 Å². The van der Waals surface area contributed by atoms with Crippen LogP contribution in [0.3, 0.4) is 0 Å². The van der Waals surface area contributed by atoms with E-state index in [-0.39, 0.29) is 0 Å². The minimum absolute atomic E-state index is 0.291. The number of rotatable bonds is 7. The summed E-state index contributed by atoms with van der Waals surface area (Å²) in [5, 5.41) is 9.31. The number of esters is 1. The molecule has 0 amide bonds. The van der Waals surface area contributed by atoms with Gasteiger partial charge in [-0.15, -0.1) is 0 Å². The Morgan fingerprint density at radius 3 is 2.53 bits per heavy atom. The monoisotopic (exact) mass is 216 g/mol. The Morgan fingerprint density at radius 1 is 1.53 bits per heavy atom. The smallest absolute Gasteiger partial charge is 0.335 e. The molecule has 15 heavy (non-hydrogen) atoms. The molecule has 0 bridgehead atoms. The summed E-state index contributed by atoms with van der Waals surface area (Å²) in [4.78, 5) is 11.2. The first-order chi connectivity index (χ1) is 6.99. The highest BCUT2D eigenvalue weighted by Crippen LogP contribution is 2.06. The van der Waals surface area contributed by atoms with E-state index in [1.54, 1.807) is 6.92 Å². The first-order valence-corrected chi connectivity index (χ1v) is 5.15. The fourth-order valence-electron chi connectivity index (χ4n) is 0.822. The molecule has 0 heterocycles. The van der Waals surface area contributed by atoms with Crippen molar-refractivity contribution in [1.82, 2.24) is 0 Å². The minimum atomic E-state index is -0.902. The number of hydrogen-bond acceptors (Lipinski definition) is 4. The third kappa shape index (κ3) is 6.25. The van der Waals surface area contributed by atoms with Gasteiger partial charge in [0.15, 0.2) is 0 Å². The zero-order valence-corrected chi connectivity index (χ0v) is 9.66. The quantitative estimate of drug-likeness (QED) is 0.304. The van der Waals surface area contributed by atoms with Crippen LogP contribution in [0.15, 0.2) is 12.2 Å². The second-order valence-electron chi connectivity index (χ2n) is 3.52. The van der Waals surface area contributed by atoms with Gasteiger partial charge in [0.25, 0.3) is 0 Å². The molecule has 0 saturated heterocycles. The molecule has 0 saturated carbocycles. The first-order valence-electron chi connectivity index (χ1n) is 5.15. The van der Waals surface area contributed by atoms with Crippen LogP contribution >= 0.6 is 0 Å². The van der Waals surface area contributed by atoms with Gasteiger partial charge in [0, 0.05) is 5.57 Å². The van der Waals surface area contributed by atoms with Crippen LogP contribution in [0.1, 0.15) is 33.6 Å². The molecule has 0 aliphatic carbocycles. The zero-order chi connectivity index (χ0) is 11.8. The summed E-state index contributed by atoms with van der Waals surface area (Å²) in [5.41, 5.74) is 0.291. The third-order valence-corrected chi connectivity index (χ3v) is 1.75. The van der Waals surface area contributed by atoms with E-state index in [0.29, 0.717) is 12.2 Å². The maximum absolute atomic E-state index is 11.2. The van der Waals surface area contributed by atoms with Crippen molar-refractivity contribution < 1.29 is 19.4 Å². The van der Waals surface area contributed by atoms with Crippen LogP contribution < -0.4 is 0 Å². The number of ether oxygens (including phenoxy) is 2. The van der Waals surface area contributed by atoms with Crippen molar-refractivity contribution in [2.24, 2.45) is 0 Å². The lowest BCUT2D eigenvalue weighted by Gasteiger charge is -2.20. The Labute approximate surface area is 90.9 Å². The number of aliphatic hydroxyl groups excluding tert-OH is 1. The van der Waals surface area contributed by atoms with Crippen LogP contribution in [-0.2, 0) is 14.3 Å². The first kappa shape index (κ1) is 14.1. The van der Waals surface area contributed by atoms with Gasteiger partial charge in [0.1, 0.15) is 6.10 Å². The lowest BCUT2D eigenvalue weighted by Crippen LogP contribution is -2.32. The van der Waals surface area contributed by atoms with Crippen molar-refractivity contribution in [2.45, 2.75) is 46.0 Å². The maximum Gasteiger partial charge on any atom is 0.335 e. The molecule has 1 N–H and O–H groups in total. The molecule has 0 aromatic rings. The molecular weight excluding hydrogens is 196 g/mol. The zero-order valence-electron chi connectivity index (χ0n) is 9.66. The van der Waals surface area contributed by atoms with Gasteiger partial charge in [-0.05, 0) is 20.3 Å². The molecule has 2 unspecified atom stereocenters. The number of carbonyl (C=O) groups is 1. The summed E-state index contributed by atoms with van der Waals surface area (Å²) in [5.74, 6) is -0.544. The van der Waals surface area contributed by atoms with Gasteiger partial charge in [-0.1, -0.05) is 19.9 Å². The fourth-order valence-corrected chi connectivity index (χ4v) is 0.822. The van der Waals surface area contributed by atoms with Crippen molar-refractivity contribution in [3.63, 3.8) is 0 Å². The SMILES string of the molecule is C=C(C)C(=O)OC(OCCCC)C(C)O. The van der Waals surface area contributed by atoms with Crippen LogP contribution in [0.25, 0.3) is 0 Å². The number of hydrogen-bond donors (Lipinski definition) is 1. The van der Waals surface area contributed by atoms with Crippen LogP contribution in [0, 0.1) is 0 Å². The average Bonchev–Trinajstić information content (AvgIpc) is 2.15. The Bertz CT molecular complexity index is 211. The van der Waals surface area contributed by atoms with Crippen molar-refractivity contribution in [3.8, 4) is 0 Å². The van der Waals surface area contributed by atoms with E-state index in [0.717, 1.165) is 12.8 Å². The Hall–Kier alpha value is -0.870. The highest BCUT2D eigenvalue weighted by Gasteiger charge is 2.20. The summed E-state index contributed by atoms with van der Waals surface area (Å²) in [7, 11) is 0. The molecule has 4 nitrogen and oxygen atoms in total. The number of unbranched alkanes of at least 4 members (excludes halogenated alkanes) is 1. The van der Waals surface area contributed by atoms with E-state index in [9.17, 15) is 9.90 Å². The second kappa shape index (κ2) is 7.43. The molecule has 88 valence electrons. The van der Waals surface area contributed by atoms with Crippen molar-refractivity contribution in [3.05, 3.63) is 12.2 Å². The van der Waals surface area contributed by atoms with Gasteiger partial charge in [0.2, 0.25) is 6.29 Å². The van der Waals surface area contributed by atoms with E-state index < -0.39 is 18.4 Å². The van der Waals surface area contributed by atoms with Crippen LogP contribution in [0.2, 0.25) is 0 Å². The van der Waals surface area contributed by atoms with E-state index in [1.807, 2.05) is 6.92 Å². The molecule has 0 rings (SSSR count). The molecule has 0 fully saturated rings. The Kier molecular flexibility index (Phi) is 6.99. The molecule has 0 spiro atoms. The van der Waals surface area contributed by atoms with Gasteiger partial charge < -0.3 is 14.6 Å². The highest BCUT2D eigenvalue weighted by molar-refractivity contribution is 5.87. The van der Waals surface area contributed by atoms with Crippen LogP contribution in [0.5, 0.6) is 0 Å². The average molecular weight is 216 g/mol. The van der Waals surface area contributed by atoms with Gasteiger partial charge >= 0.3 is 5.97 Å². The molecule has 2 atom stereocenters. The molecule has 0 aromatic carbocycles. The molecule has 0 aliphatic rings. The summed E-state index contributed by atoms with van der Waals surface area (Å²) >= 11 is 0. The predicted molar refractivity (Wildman–Crippen MR) is 57.2 cm³/mol. The summed E-state index contributed by atoms with van der Waals surface area (Å²) in [6.07, 6.45) is 0.111. The van der Waals surface area contributed by atoms with Crippen molar-refractivity contribution in [2.75, 3.05) is 6.61 Å². The van der Waals surface area contributed by atoms with Gasteiger partial charge in [-0.3, -0.25) is 0 Å². The van der Waals surface area contributed by atoms with Gasteiger partial charge in [-0.2, -0.15) is 0 Å². The van der Waals surface area contributed by atoms with Crippen molar-refractivity contribution in [1.29, 1.82) is 0 Å². The summed E-state index contributed by atoms with van der Waals surface area (Å²) in [6, 6.07) is 0. The highest BCUT2D eigenvalue weighted by atomic mass is 16.7. The van der Waals surface area contributed by atoms with Crippen LogP contribution in [0.4, 0.5) is 0 Å². The largest absolute Gasteiger partial charge is 0.430 e. The Morgan fingerprint density at radius 2 is 2.13 bits per heavy atom. The molecular formula is C11H20O4. The lowest BCUT2D eigenvalue weighted by molar-refractivity contribution is -0.197. The van der Waals surface area contributed by atoms with E-state index in [4.69, 9.17) is 9.47 Å². The standard InChI is InChI=1S/C11H20O4/c1-5-6-7-14-11(9(4)12)15-10(13)8(2)3/h9,11-12H,2,5-7H2,1,3-4H3. The topological polar surface area (TPSA) is 55.8 Å².